The summed E-state index contributed by atoms with van der Waals surface area (Å²) in [5.74, 6) is 1.75. The van der Waals surface area contributed by atoms with Crippen LogP contribution in [0, 0.1) is 6.92 Å². The van der Waals surface area contributed by atoms with Gasteiger partial charge in [-0.05, 0) is 36.2 Å². The lowest BCUT2D eigenvalue weighted by molar-refractivity contribution is 0.354. The Labute approximate surface area is 159 Å². The molecule has 1 heterocycles. The van der Waals surface area contributed by atoms with Crippen molar-refractivity contribution in [2.24, 2.45) is 10.7 Å². The van der Waals surface area contributed by atoms with E-state index < -0.39 is 0 Å². The van der Waals surface area contributed by atoms with Gasteiger partial charge in [-0.3, -0.25) is 4.98 Å². The van der Waals surface area contributed by atoms with Crippen LogP contribution in [0.1, 0.15) is 16.8 Å². The number of guanidine groups is 1. The van der Waals surface area contributed by atoms with Gasteiger partial charge in [-0.25, -0.2) is 4.99 Å². The number of hydrogen-bond acceptors (Lipinski definition) is 4. The van der Waals surface area contributed by atoms with Crippen molar-refractivity contribution in [1.29, 1.82) is 0 Å². The van der Waals surface area contributed by atoms with Crippen LogP contribution in [-0.2, 0) is 13.1 Å². The number of aromatic nitrogens is 1. The van der Waals surface area contributed by atoms with Crippen molar-refractivity contribution in [3.63, 3.8) is 0 Å². The van der Waals surface area contributed by atoms with E-state index in [1.165, 1.54) is 0 Å². The van der Waals surface area contributed by atoms with Crippen LogP contribution in [0.15, 0.2) is 41.5 Å². The molecule has 3 N–H and O–H groups in total. The van der Waals surface area contributed by atoms with Gasteiger partial charge in [-0.2, -0.15) is 0 Å². The van der Waals surface area contributed by atoms with Crippen molar-refractivity contribution in [2.45, 2.75) is 20.0 Å². The molecule has 0 amide bonds. The molecular weight excluding hydrogens is 419 g/mol. The molecule has 0 radical (unpaired) electrons. The molecule has 0 aliphatic rings. The molecule has 0 aliphatic heterocycles. The first-order valence-electron chi connectivity index (χ1n) is 7.29. The lowest BCUT2D eigenvalue weighted by Gasteiger charge is -2.09. The second-order valence-electron chi connectivity index (χ2n) is 5.01. The molecule has 0 atom stereocenters. The van der Waals surface area contributed by atoms with E-state index >= 15 is 0 Å². The summed E-state index contributed by atoms with van der Waals surface area (Å²) in [5.41, 5.74) is 8.96. The molecule has 0 saturated carbocycles. The van der Waals surface area contributed by atoms with E-state index in [9.17, 15) is 0 Å². The molecule has 2 aromatic rings. The number of pyridine rings is 1. The van der Waals surface area contributed by atoms with Gasteiger partial charge in [-0.1, -0.05) is 12.1 Å². The number of halogens is 1. The maximum absolute atomic E-state index is 5.90. The zero-order valence-corrected chi connectivity index (χ0v) is 16.4. The number of rotatable bonds is 6. The number of benzene rings is 1. The maximum Gasteiger partial charge on any atom is 0.189 e. The van der Waals surface area contributed by atoms with Crippen LogP contribution in [0.5, 0.6) is 11.5 Å². The molecule has 0 unspecified atom stereocenters. The standard InChI is InChI=1S/C17H22N4O2.HI/c1-12-5-4-8-19-14(12)11-21-17(18)20-10-13-6-7-15(22-2)16(9-13)23-3;/h4-9H,10-11H2,1-3H3,(H3,18,20,21);1H. The predicted octanol–water partition coefficient (Wildman–Crippen LogP) is 2.63. The number of methoxy groups -OCH3 is 2. The molecular formula is C17H23IN4O2. The van der Waals surface area contributed by atoms with Gasteiger partial charge in [-0.15, -0.1) is 24.0 Å². The van der Waals surface area contributed by atoms with E-state index in [4.69, 9.17) is 15.2 Å². The first-order valence-corrected chi connectivity index (χ1v) is 7.29. The minimum absolute atomic E-state index is 0. The molecule has 0 spiro atoms. The molecule has 0 fully saturated rings. The predicted molar refractivity (Wildman–Crippen MR) is 106 cm³/mol. The van der Waals surface area contributed by atoms with Gasteiger partial charge >= 0.3 is 0 Å². The Morgan fingerprint density at radius 3 is 2.62 bits per heavy atom. The highest BCUT2D eigenvalue weighted by molar-refractivity contribution is 14.0. The SMILES string of the molecule is COc1ccc(CN=C(N)NCc2ncccc2C)cc1OC.I. The Bertz CT molecular complexity index is 692. The second-order valence-corrected chi connectivity index (χ2v) is 5.01. The monoisotopic (exact) mass is 442 g/mol. The molecule has 7 heteroatoms. The highest BCUT2D eigenvalue weighted by Gasteiger charge is 2.04. The summed E-state index contributed by atoms with van der Waals surface area (Å²) in [7, 11) is 3.22. The van der Waals surface area contributed by atoms with Crippen LogP contribution in [0.25, 0.3) is 0 Å². The third kappa shape index (κ3) is 5.55. The topological polar surface area (TPSA) is 81.8 Å². The molecule has 1 aromatic heterocycles. The smallest absolute Gasteiger partial charge is 0.189 e. The fourth-order valence-electron chi connectivity index (χ4n) is 2.09. The summed E-state index contributed by atoms with van der Waals surface area (Å²) in [6.07, 6.45) is 1.76. The number of aliphatic imine (C=N–C) groups is 1. The quantitative estimate of drug-likeness (QED) is 0.409. The third-order valence-electron chi connectivity index (χ3n) is 3.43. The van der Waals surface area contributed by atoms with Crippen LogP contribution in [0.3, 0.4) is 0 Å². The molecule has 6 nitrogen and oxygen atoms in total. The van der Waals surface area contributed by atoms with Crippen molar-refractivity contribution in [2.75, 3.05) is 14.2 Å². The Hall–Kier alpha value is -2.03. The third-order valence-corrected chi connectivity index (χ3v) is 3.43. The summed E-state index contributed by atoms with van der Waals surface area (Å²) >= 11 is 0. The van der Waals surface area contributed by atoms with Crippen LogP contribution >= 0.6 is 24.0 Å². The van der Waals surface area contributed by atoms with Gasteiger partial charge in [0, 0.05) is 6.20 Å². The summed E-state index contributed by atoms with van der Waals surface area (Å²) in [5, 5.41) is 3.07. The molecule has 1 aromatic carbocycles. The van der Waals surface area contributed by atoms with Gasteiger partial charge in [0.2, 0.25) is 0 Å². The number of nitrogens with zero attached hydrogens (tertiary/aromatic N) is 2. The lowest BCUT2D eigenvalue weighted by Crippen LogP contribution is -2.31. The first kappa shape index (κ1) is 20.0. The van der Waals surface area contributed by atoms with Crippen molar-refractivity contribution in [3.05, 3.63) is 53.3 Å². The van der Waals surface area contributed by atoms with E-state index in [1.807, 2.05) is 37.3 Å². The Kier molecular flexibility index (Phi) is 8.31. The average molecular weight is 442 g/mol. The van der Waals surface area contributed by atoms with Crippen LogP contribution < -0.4 is 20.5 Å². The molecule has 130 valence electrons. The van der Waals surface area contributed by atoms with E-state index in [1.54, 1.807) is 20.4 Å². The highest BCUT2D eigenvalue weighted by Crippen LogP contribution is 2.27. The van der Waals surface area contributed by atoms with Crippen LogP contribution in [0.4, 0.5) is 0 Å². The molecule has 2 rings (SSSR count). The number of nitrogens with one attached hydrogen (secondary N) is 1. The van der Waals surface area contributed by atoms with E-state index in [0.29, 0.717) is 30.5 Å². The summed E-state index contributed by atoms with van der Waals surface area (Å²) in [4.78, 5) is 8.64. The minimum atomic E-state index is 0. The van der Waals surface area contributed by atoms with E-state index in [0.717, 1.165) is 16.8 Å². The van der Waals surface area contributed by atoms with Gasteiger partial charge in [0.15, 0.2) is 17.5 Å². The zero-order valence-electron chi connectivity index (χ0n) is 14.1. The number of hydrogen-bond donors (Lipinski definition) is 2. The average Bonchev–Trinajstić information content (AvgIpc) is 2.58. The van der Waals surface area contributed by atoms with E-state index in [2.05, 4.69) is 15.3 Å². The Morgan fingerprint density at radius 1 is 1.21 bits per heavy atom. The van der Waals surface area contributed by atoms with Crippen molar-refractivity contribution < 1.29 is 9.47 Å². The van der Waals surface area contributed by atoms with Crippen molar-refractivity contribution in [3.8, 4) is 11.5 Å². The van der Waals surface area contributed by atoms with Gasteiger partial charge < -0.3 is 20.5 Å². The first-order chi connectivity index (χ1) is 11.1. The van der Waals surface area contributed by atoms with Crippen LogP contribution in [0.2, 0.25) is 0 Å². The van der Waals surface area contributed by atoms with Crippen LogP contribution in [-0.4, -0.2) is 25.2 Å². The van der Waals surface area contributed by atoms with Crippen molar-refractivity contribution in [1.82, 2.24) is 10.3 Å². The van der Waals surface area contributed by atoms with Gasteiger partial charge in [0.05, 0.1) is 33.0 Å². The van der Waals surface area contributed by atoms with Gasteiger partial charge in [0.1, 0.15) is 0 Å². The molecule has 0 aliphatic carbocycles. The number of nitrogens with two attached hydrogens (primary N) is 1. The fraction of sp³-hybridized carbons (Fsp3) is 0.294. The van der Waals surface area contributed by atoms with E-state index in [-0.39, 0.29) is 24.0 Å². The normalized spacial score (nSPS) is 10.7. The maximum atomic E-state index is 5.90. The zero-order chi connectivity index (χ0) is 16.7. The number of aryl methyl sites for hydroxylation is 1. The largest absolute Gasteiger partial charge is 0.493 e. The van der Waals surface area contributed by atoms with Gasteiger partial charge in [0.25, 0.3) is 0 Å². The minimum Gasteiger partial charge on any atom is -0.493 e. The summed E-state index contributed by atoms with van der Waals surface area (Å²) < 4.78 is 10.5. The van der Waals surface area contributed by atoms with Crippen molar-refractivity contribution >= 4 is 29.9 Å². The molecule has 0 saturated heterocycles. The summed E-state index contributed by atoms with van der Waals surface area (Å²) in [6.45, 7) is 3.02. The summed E-state index contributed by atoms with van der Waals surface area (Å²) in [6, 6.07) is 9.60. The second kappa shape index (κ2) is 9.96. The Balaban J connectivity index is 0.00000288. The fourth-order valence-corrected chi connectivity index (χ4v) is 2.09. The Morgan fingerprint density at radius 2 is 1.96 bits per heavy atom. The highest BCUT2D eigenvalue weighted by atomic mass is 127. The number of ether oxygens (including phenoxy) is 2. The lowest BCUT2D eigenvalue weighted by atomic mass is 10.2. The molecule has 24 heavy (non-hydrogen) atoms. The molecule has 0 bridgehead atoms.